The van der Waals surface area contributed by atoms with Gasteiger partial charge in [-0.05, 0) is 64.8 Å². The van der Waals surface area contributed by atoms with Crippen molar-refractivity contribution in [3.05, 3.63) is 72.8 Å². The van der Waals surface area contributed by atoms with Crippen LogP contribution < -0.4 is 10.1 Å². The van der Waals surface area contributed by atoms with E-state index in [1.165, 1.54) is 23.1 Å². The topological polar surface area (TPSA) is 119 Å². The summed E-state index contributed by atoms with van der Waals surface area (Å²) in [7, 11) is 0. The second-order valence-electron chi connectivity index (χ2n) is 7.84. The Labute approximate surface area is 203 Å². The van der Waals surface area contributed by atoms with Crippen molar-refractivity contribution in [2.24, 2.45) is 0 Å². The molecule has 1 saturated heterocycles. The number of carbonyl (C=O) groups excluding carboxylic acids is 3. The third-order valence-corrected chi connectivity index (χ3v) is 6.45. The summed E-state index contributed by atoms with van der Waals surface area (Å²) in [5.41, 5.74) is 1.18. The van der Waals surface area contributed by atoms with Gasteiger partial charge in [-0.25, -0.2) is 4.79 Å². The maximum atomic E-state index is 12.9. The van der Waals surface area contributed by atoms with E-state index < -0.39 is 22.8 Å². The first-order chi connectivity index (χ1) is 15.8. The van der Waals surface area contributed by atoms with Gasteiger partial charge in [0.2, 0.25) is 0 Å². The van der Waals surface area contributed by atoms with Gasteiger partial charge < -0.3 is 4.74 Å². The number of nitrogens with zero attached hydrogens (tertiary/aromatic N) is 2. The number of rotatable bonds is 6. The number of ether oxygens (including phenoxy) is 1. The molecule has 170 valence electrons. The zero-order valence-electron chi connectivity index (χ0n) is 17.5. The fraction of sp³-hybridized carbons (Fsp3) is 0.261. The Morgan fingerprint density at radius 1 is 1.15 bits per heavy atom. The van der Waals surface area contributed by atoms with E-state index in [9.17, 15) is 24.5 Å². The number of urea groups is 1. The maximum absolute atomic E-state index is 12.9. The van der Waals surface area contributed by atoms with E-state index >= 15 is 0 Å². The van der Waals surface area contributed by atoms with Crippen LogP contribution in [-0.2, 0) is 16.2 Å². The number of hydrogen-bond acceptors (Lipinski definition) is 6. The SMILES string of the molecule is O=C1NC(=O)N(C2CCCC2)C(=O)/C1=C/c1ccc(OCc2cccc([N+](=O)[O-])c2)c(I)c1. The molecule has 10 heteroatoms. The van der Waals surface area contributed by atoms with Crippen LogP contribution in [0, 0.1) is 13.7 Å². The molecule has 0 atom stereocenters. The van der Waals surface area contributed by atoms with Crippen molar-refractivity contribution < 1.29 is 24.0 Å². The summed E-state index contributed by atoms with van der Waals surface area (Å²) >= 11 is 2.08. The average molecular weight is 561 g/mol. The van der Waals surface area contributed by atoms with E-state index in [4.69, 9.17) is 4.74 Å². The van der Waals surface area contributed by atoms with E-state index in [1.54, 1.807) is 30.3 Å². The summed E-state index contributed by atoms with van der Waals surface area (Å²) in [5.74, 6) is -0.719. The maximum Gasteiger partial charge on any atom is 0.331 e. The van der Waals surface area contributed by atoms with Crippen LogP contribution in [-0.4, -0.2) is 33.7 Å². The first kappa shape index (κ1) is 22.9. The number of halogens is 1. The largest absolute Gasteiger partial charge is 0.488 e. The molecule has 2 aromatic carbocycles. The number of benzene rings is 2. The zero-order valence-corrected chi connectivity index (χ0v) is 19.6. The van der Waals surface area contributed by atoms with Crippen molar-refractivity contribution in [1.29, 1.82) is 0 Å². The highest BCUT2D eigenvalue weighted by Gasteiger charge is 2.40. The quantitative estimate of drug-likeness (QED) is 0.186. The summed E-state index contributed by atoms with van der Waals surface area (Å²) in [4.78, 5) is 49.1. The lowest BCUT2D eigenvalue weighted by atomic mass is 10.1. The number of hydrogen-bond donors (Lipinski definition) is 1. The molecule has 0 radical (unpaired) electrons. The molecule has 0 bridgehead atoms. The third kappa shape index (κ3) is 5.05. The molecule has 2 aliphatic rings. The number of nitro groups is 1. The Morgan fingerprint density at radius 2 is 1.91 bits per heavy atom. The average Bonchev–Trinajstić information content (AvgIpc) is 3.30. The predicted molar refractivity (Wildman–Crippen MR) is 127 cm³/mol. The number of barbiturate groups is 1. The number of nitrogens with one attached hydrogen (secondary N) is 1. The summed E-state index contributed by atoms with van der Waals surface area (Å²) in [6, 6.07) is 10.5. The van der Waals surface area contributed by atoms with Crippen LogP contribution in [0.5, 0.6) is 5.75 Å². The molecule has 0 spiro atoms. The molecular formula is C23H20IN3O6. The monoisotopic (exact) mass is 561 g/mol. The van der Waals surface area contributed by atoms with Gasteiger partial charge in [0, 0.05) is 18.2 Å². The highest BCUT2D eigenvalue weighted by Crippen LogP contribution is 2.28. The van der Waals surface area contributed by atoms with Gasteiger partial charge in [-0.1, -0.05) is 31.0 Å². The minimum absolute atomic E-state index is 0.00618. The number of non-ortho nitro benzene ring substituents is 1. The molecule has 1 saturated carbocycles. The smallest absolute Gasteiger partial charge is 0.331 e. The lowest BCUT2D eigenvalue weighted by Gasteiger charge is -2.31. The normalized spacial score (nSPS) is 18.0. The standard InChI is InChI=1S/C23H20IN3O6/c24-19-12-14(8-9-20(19)33-13-15-4-3-7-17(10-15)27(31)32)11-18-21(28)25-23(30)26(22(18)29)16-5-1-2-6-16/h3-4,7-12,16H,1-2,5-6,13H2,(H,25,28,30)/b18-11+. The molecule has 2 aromatic rings. The predicted octanol–water partition coefficient (Wildman–Crippen LogP) is 4.18. The van der Waals surface area contributed by atoms with Crippen LogP contribution in [0.2, 0.25) is 0 Å². The van der Waals surface area contributed by atoms with Crippen molar-refractivity contribution in [3.63, 3.8) is 0 Å². The molecule has 4 amide bonds. The second-order valence-corrected chi connectivity index (χ2v) is 9.00. The Morgan fingerprint density at radius 3 is 2.61 bits per heavy atom. The third-order valence-electron chi connectivity index (χ3n) is 5.61. The molecule has 1 N–H and O–H groups in total. The molecule has 4 rings (SSSR count). The zero-order chi connectivity index (χ0) is 23.5. The van der Waals surface area contributed by atoms with E-state index in [0.29, 0.717) is 16.9 Å². The van der Waals surface area contributed by atoms with E-state index in [2.05, 4.69) is 27.9 Å². The number of amides is 4. The number of imide groups is 2. The van der Waals surface area contributed by atoms with Crippen molar-refractivity contribution in [1.82, 2.24) is 10.2 Å². The number of carbonyl (C=O) groups is 3. The highest BCUT2D eigenvalue weighted by atomic mass is 127. The van der Waals surface area contributed by atoms with Crippen LogP contribution >= 0.6 is 22.6 Å². The number of nitro benzene ring substituents is 1. The molecule has 1 aliphatic carbocycles. The Bertz CT molecular complexity index is 1170. The lowest BCUT2D eigenvalue weighted by molar-refractivity contribution is -0.384. The van der Waals surface area contributed by atoms with Gasteiger partial charge in [0.25, 0.3) is 17.5 Å². The Balaban J connectivity index is 1.50. The molecular weight excluding hydrogens is 541 g/mol. The summed E-state index contributed by atoms with van der Waals surface area (Å²) in [6.07, 6.45) is 4.86. The summed E-state index contributed by atoms with van der Waals surface area (Å²) in [5, 5.41) is 13.2. The van der Waals surface area contributed by atoms with Crippen LogP contribution in [0.4, 0.5) is 10.5 Å². The van der Waals surface area contributed by atoms with Gasteiger partial charge in [0.1, 0.15) is 17.9 Å². The Kier molecular flexibility index (Phi) is 6.72. The summed E-state index contributed by atoms with van der Waals surface area (Å²) < 4.78 is 6.53. The fourth-order valence-corrected chi connectivity index (χ4v) is 4.67. The van der Waals surface area contributed by atoms with Gasteiger partial charge in [-0.3, -0.25) is 29.9 Å². The first-order valence-electron chi connectivity index (χ1n) is 10.4. The molecule has 33 heavy (non-hydrogen) atoms. The van der Waals surface area contributed by atoms with Gasteiger partial charge in [0.05, 0.1) is 8.49 Å². The molecule has 0 unspecified atom stereocenters. The van der Waals surface area contributed by atoms with Crippen molar-refractivity contribution in [2.45, 2.75) is 38.3 Å². The van der Waals surface area contributed by atoms with Gasteiger partial charge in [-0.15, -0.1) is 0 Å². The molecule has 1 aliphatic heterocycles. The van der Waals surface area contributed by atoms with Gasteiger partial charge in [0.15, 0.2) is 0 Å². The minimum atomic E-state index is -0.708. The second kappa shape index (κ2) is 9.69. The van der Waals surface area contributed by atoms with Crippen molar-refractivity contribution in [3.8, 4) is 5.75 Å². The van der Waals surface area contributed by atoms with Crippen LogP contribution in [0.25, 0.3) is 6.08 Å². The van der Waals surface area contributed by atoms with Crippen LogP contribution in [0.1, 0.15) is 36.8 Å². The van der Waals surface area contributed by atoms with E-state index in [1.807, 2.05) is 0 Å². The lowest BCUT2D eigenvalue weighted by Crippen LogP contribution is -2.57. The Hall–Kier alpha value is -3.28. The van der Waals surface area contributed by atoms with E-state index in [-0.39, 0.29) is 23.9 Å². The molecule has 0 aromatic heterocycles. The van der Waals surface area contributed by atoms with Crippen molar-refractivity contribution in [2.75, 3.05) is 0 Å². The first-order valence-corrected chi connectivity index (χ1v) is 11.5. The summed E-state index contributed by atoms with van der Waals surface area (Å²) in [6.45, 7) is 0.150. The van der Waals surface area contributed by atoms with E-state index in [0.717, 1.165) is 29.3 Å². The minimum Gasteiger partial charge on any atom is -0.488 e. The molecule has 2 fully saturated rings. The fourth-order valence-electron chi connectivity index (χ4n) is 3.98. The molecule has 9 nitrogen and oxygen atoms in total. The van der Waals surface area contributed by atoms with Gasteiger partial charge in [-0.2, -0.15) is 0 Å². The van der Waals surface area contributed by atoms with Crippen molar-refractivity contribution >= 4 is 52.2 Å². The molecule has 1 heterocycles. The highest BCUT2D eigenvalue weighted by molar-refractivity contribution is 14.1. The van der Waals surface area contributed by atoms with Gasteiger partial charge >= 0.3 is 6.03 Å². The van der Waals surface area contributed by atoms with Crippen LogP contribution in [0.3, 0.4) is 0 Å². The van der Waals surface area contributed by atoms with Crippen LogP contribution in [0.15, 0.2) is 48.0 Å².